The van der Waals surface area contributed by atoms with E-state index < -0.39 is 5.60 Å². The highest BCUT2D eigenvalue weighted by Gasteiger charge is 2.23. The fourth-order valence-electron chi connectivity index (χ4n) is 1.74. The summed E-state index contributed by atoms with van der Waals surface area (Å²) in [6.45, 7) is 10.0. The molecular weight excluding hydrogens is 228 g/mol. The summed E-state index contributed by atoms with van der Waals surface area (Å²) in [6, 6.07) is 1.73. The summed E-state index contributed by atoms with van der Waals surface area (Å²) in [5, 5.41) is 14.5. The van der Waals surface area contributed by atoms with E-state index in [9.17, 15) is 9.90 Å². The van der Waals surface area contributed by atoms with Crippen LogP contribution in [0.15, 0.2) is 10.9 Å². The zero-order valence-electron chi connectivity index (χ0n) is 12.0. The second-order valence-electron chi connectivity index (χ2n) is 5.58. The highest BCUT2D eigenvalue weighted by Crippen LogP contribution is 2.19. The molecule has 102 valence electrons. The van der Waals surface area contributed by atoms with Gasteiger partial charge < -0.3 is 5.11 Å². The van der Waals surface area contributed by atoms with Crippen LogP contribution in [0.2, 0.25) is 0 Å². The average molecular weight is 252 g/mol. The minimum absolute atomic E-state index is 0.180. The van der Waals surface area contributed by atoms with E-state index in [0.717, 1.165) is 18.5 Å². The Kier molecular flexibility index (Phi) is 4.68. The number of hydrogen-bond donors (Lipinski definition) is 1. The van der Waals surface area contributed by atoms with Gasteiger partial charge in [0.05, 0.1) is 16.9 Å². The van der Waals surface area contributed by atoms with Gasteiger partial charge in [-0.15, -0.1) is 0 Å². The van der Waals surface area contributed by atoms with Crippen molar-refractivity contribution in [1.29, 1.82) is 0 Å². The Morgan fingerprint density at radius 1 is 1.44 bits per heavy atom. The van der Waals surface area contributed by atoms with Crippen molar-refractivity contribution in [2.24, 2.45) is 0 Å². The van der Waals surface area contributed by atoms with Gasteiger partial charge in [-0.3, -0.25) is 4.79 Å². The molecule has 0 atom stereocenters. The maximum Gasteiger partial charge on any atom is 0.272 e. The van der Waals surface area contributed by atoms with Crippen molar-refractivity contribution in [1.82, 2.24) is 9.78 Å². The van der Waals surface area contributed by atoms with Gasteiger partial charge in [0.1, 0.15) is 0 Å². The molecule has 0 fully saturated rings. The Balaban J connectivity index is 3.34. The maximum atomic E-state index is 12.2. The Bertz CT molecular complexity index is 456. The Morgan fingerprint density at radius 3 is 2.50 bits per heavy atom. The molecule has 0 spiro atoms. The number of aryl methyl sites for hydroxylation is 1. The molecule has 0 radical (unpaired) electrons. The van der Waals surface area contributed by atoms with E-state index >= 15 is 0 Å². The zero-order valence-corrected chi connectivity index (χ0v) is 12.0. The van der Waals surface area contributed by atoms with Crippen LogP contribution < -0.4 is 5.56 Å². The van der Waals surface area contributed by atoms with Crippen LogP contribution in [0.3, 0.4) is 0 Å². The molecule has 0 bridgehead atoms. The predicted molar refractivity (Wildman–Crippen MR) is 72.7 cm³/mol. The van der Waals surface area contributed by atoms with E-state index in [1.54, 1.807) is 19.9 Å². The van der Waals surface area contributed by atoms with Crippen LogP contribution in [-0.2, 0) is 12.1 Å². The summed E-state index contributed by atoms with van der Waals surface area (Å²) in [5.74, 6) is 0.236. The summed E-state index contributed by atoms with van der Waals surface area (Å²) in [4.78, 5) is 12.2. The minimum Gasteiger partial charge on any atom is -0.386 e. The molecule has 1 aromatic rings. The maximum absolute atomic E-state index is 12.2. The Labute approximate surface area is 109 Å². The van der Waals surface area contributed by atoms with Gasteiger partial charge in [-0.2, -0.15) is 5.10 Å². The summed E-state index contributed by atoms with van der Waals surface area (Å²) in [5.41, 5.74) is -0.0297. The van der Waals surface area contributed by atoms with E-state index in [-0.39, 0.29) is 11.5 Å². The van der Waals surface area contributed by atoms with Gasteiger partial charge in [-0.05, 0) is 32.3 Å². The lowest BCUT2D eigenvalue weighted by Gasteiger charge is -2.20. The standard InChI is InChI=1S/C14H24N2O2/c1-6-7-8-16-13(17)11(14(4,5)18)9-12(15-16)10(2)3/h9-10,18H,6-8H2,1-5H3. The summed E-state index contributed by atoms with van der Waals surface area (Å²) >= 11 is 0. The molecule has 1 rings (SSSR count). The van der Waals surface area contributed by atoms with E-state index in [0.29, 0.717) is 12.1 Å². The SMILES string of the molecule is CCCCn1nc(C(C)C)cc(C(C)(C)O)c1=O. The van der Waals surface area contributed by atoms with Crippen LogP contribution in [-0.4, -0.2) is 14.9 Å². The van der Waals surface area contributed by atoms with E-state index in [1.807, 2.05) is 13.8 Å². The Hall–Kier alpha value is -1.16. The molecule has 0 aliphatic rings. The van der Waals surface area contributed by atoms with Crippen LogP contribution in [0.25, 0.3) is 0 Å². The number of nitrogens with zero attached hydrogens (tertiary/aromatic N) is 2. The van der Waals surface area contributed by atoms with Gasteiger partial charge in [0.2, 0.25) is 0 Å². The van der Waals surface area contributed by atoms with Crippen molar-refractivity contribution in [3.63, 3.8) is 0 Å². The summed E-state index contributed by atoms with van der Waals surface area (Å²) in [6.07, 6.45) is 1.93. The molecule has 0 aliphatic carbocycles. The lowest BCUT2D eigenvalue weighted by molar-refractivity contribution is 0.0758. The highest BCUT2D eigenvalue weighted by atomic mass is 16.3. The van der Waals surface area contributed by atoms with Crippen LogP contribution in [0.4, 0.5) is 0 Å². The zero-order chi connectivity index (χ0) is 13.9. The molecule has 4 nitrogen and oxygen atoms in total. The molecule has 1 heterocycles. The van der Waals surface area contributed by atoms with Gasteiger partial charge in [0.25, 0.3) is 5.56 Å². The third-order valence-electron chi connectivity index (χ3n) is 2.97. The highest BCUT2D eigenvalue weighted by molar-refractivity contribution is 5.21. The normalized spacial score (nSPS) is 12.2. The van der Waals surface area contributed by atoms with Crippen LogP contribution in [0.5, 0.6) is 0 Å². The Morgan fingerprint density at radius 2 is 2.06 bits per heavy atom. The molecule has 0 saturated heterocycles. The number of unbranched alkanes of at least 4 members (excludes halogenated alkanes) is 1. The van der Waals surface area contributed by atoms with Crippen molar-refractivity contribution in [3.8, 4) is 0 Å². The molecule has 1 aromatic heterocycles. The lowest BCUT2D eigenvalue weighted by atomic mass is 9.97. The molecular formula is C14H24N2O2. The van der Waals surface area contributed by atoms with E-state index in [2.05, 4.69) is 12.0 Å². The molecule has 0 unspecified atom stereocenters. The lowest BCUT2D eigenvalue weighted by Crippen LogP contribution is -2.34. The van der Waals surface area contributed by atoms with E-state index in [1.165, 1.54) is 4.68 Å². The minimum atomic E-state index is -1.13. The largest absolute Gasteiger partial charge is 0.386 e. The van der Waals surface area contributed by atoms with Gasteiger partial charge in [0, 0.05) is 6.54 Å². The first kappa shape index (κ1) is 14.9. The molecule has 0 aliphatic heterocycles. The fourth-order valence-corrected chi connectivity index (χ4v) is 1.74. The first-order valence-corrected chi connectivity index (χ1v) is 6.62. The monoisotopic (exact) mass is 252 g/mol. The molecule has 1 N–H and O–H groups in total. The van der Waals surface area contributed by atoms with Crippen molar-refractivity contribution in [2.45, 2.75) is 65.5 Å². The molecule has 18 heavy (non-hydrogen) atoms. The first-order valence-electron chi connectivity index (χ1n) is 6.62. The van der Waals surface area contributed by atoms with E-state index in [4.69, 9.17) is 0 Å². The topological polar surface area (TPSA) is 55.1 Å². The summed E-state index contributed by atoms with van der Waals surface area (Å²) in [7, 11) is 0. The van der Waals surface area contributed by atoms with Crippen molar-refractivity contribution < 1.29 is 5.11 Å². The van der Waals surface area contributed by atoms with Gasteiger partial charge >= 0.3 is 0 Å². The second-order valence-corrected chi connectivity index (χ2v) is 5.58. The smallest absolute Gasteiger partial charge is 0.272 e. The third-order valence-corrected chi connectivity index (χ3v) is 2.97. The van der Waals surface area contributed by atoms with Gasteiger partial charge in [-0.1, -0.05) is 27.2 Å². The number of hydrogen-bond acceptors (Lipinski definition) is 3. The number of aliphatic hydroxyl groups is 1. The summed E-state index contributed by atoms with van der Waals surface area (Å²) < 4.78 is 1.49. The van der Waals surface area contributed by atoms with Crippen LogP contribution >= 0.6 is 0 Å². The molecule has 0 amide bonds. The van der Waals surface area contributed by atoms with Crippen molar-refractivity contribution >= 4 is 0 Å². The quantitative estimate of drug-likeness (QED) is 0.875. The fraction of sp³-hybridized carbons (Fsp3) is 0.714. The van der Waals surface area contributed by atoms with Crippen molar-refractivity contribution in [2.75, 3.05) is 0 Å². The average Bonchev–Trinajstić information content (AvgIpc) is 2.25. The van der Waals surface area contributed by atoms with Crippen LogP contribution in [0, 0.1) is 0 Å². The van der Waals surface area contributed by atoms with Crippen LogP contribution in [0.1, 0.15) is 64.6 Å². The molecule has 0 aromatic carbocycles. The molecule has 0 saturated carbocycles. The van der Waals surface area contributed by atoms with Crippen molar-refractivity contribution in [3.05, 3.63) is 27.7 Å². The van der Waals surface area contributed by atoms with Gasteiger partial charge in [0.15, 0.2) is 0 Å². The molecule has 4 heteroatoms. The predicted octanol–water partition coefficient (Wildman–Crippen LogP) is 2.39. The third kappa shape index (κ3) is 3.42. The first-order chi connectivity index (χ1) is 8.27. The number of rotatable bonds is 5. The second kappa shape index (κ2) is 5.65. The number of aromatic nitrogens is 2. The van der Waals surface area contributed by atoms with Gasteiger partial charge in [-0.25, -0.2) is 4.68 Å².